The van der Waals surface area contributed by atoms with Crippen LogP contribution < -0.4 is 5.32 Å². The second kappa shape index (κ2) is 9.16. The van der Waals surface area contributed by atoms with Gasteiger partial charge in [-0.25, -0.2) is 4.98 Å². The van der Waals surface area contributed by atoms with Crippen molar-refractivity contribution in [3.8, 4) is 21.8 Å². The van der Waals surface area contributed by atoms with Gasteiger partial charge in [-0.05, 0) is 29.3 Å². The summed E-state index contributed by atoms with van der Waals surface area (Å²) in [7, 11) is 0. The average molecular weight is 463 g/mol. The molecule has 5 heteroatoms. The molecule has 0 saturated heterocycles. The summed E-state index contributed by atoms with van der Waals surface area (Å²) in [5, 5.41) is 6.06. The normalized spacial score (nSPS) is 10.7. The topological polar surface area (TPSA) is 42.0 Å². The smallest absolute Gasteiger partial charge is 0.224 e. The highest BCUT2D eigenvalue weighted by Crippen LogP contribution is 2.29. The summed E-state index contributed by atoms with van der Waals surface area (Å²) in [5.74, 6) is 0.0123. The zero-order valence-corrected chi connectivity index (χ0v) is 18.0. The van der Waals surface area contributed by atoms with Gasteiger partial charge >= 0.3 is 0 Å². The monoisotopic (exact) mass is 462 g/mol. The number of hydrogen-bond donors (Lipinski definition) is 1. The Labute approximate surface area is 182 Å². The second-order valence-corrected chi connectivity index (χ2v) is 8.46. The number of thiazole rings is 1. The molecule has 3 aromatic carbocycles. The van der Waals surface area contributed by atoms with Crippen LogP contribution >= 0.6 is 27.3 Å². The molecule has 0 atom stereocenters. The van der Waals surface area contributed by atoms with Crippen molar-refractivity contribution in [2.24, 2.45) is 0 Å². The Morgan fingerprint density at radius 3 is 2.45 bits per heavy atom. The van der Waals surface area contributed by atoms with E-state index in [-0.39, 0.29) is 5.91 Å². The predicted molar refractivity (Wildman–Crippen MR) is 123 cm³/mol. The molecule has 1 aromatic heterocycles. The van der Waals surface area contributed by atoms with E-state index in [4.69, 9.17) is 4.98 Å². The van der Waals surface area contributed by atoms with Crippen molar-refractivity contribution in [2.75, 3.05) is 0 Å². The molecular weight excluding hydrogens is 444 g/mol. The molecule has 29 heavy (non-hydrogen) atoms. The van der Waals surface area contributed by atoms with Gasteiger partial charge in [-0.3, -0.25) is 4.79 Å². The fourth-order valence-electron chi connectivity index (χ4n) is 3.01. The number of carbonyl (C=O) groups excluding carboxylic acids is 1. The summed E-state index contributed by atoms with van der Waals surface area (Å²) in [4.78, 5) is 17.0. The third-order valence-electron chi connectivity index (χ3n) is 4.52. The summed E-state index contributed by atoms with van der Waals surface area (Å²) in [5.41, 5.74) is 5.22. The molecule has 1 N–H and O–H groups in total. The summed E-state index contributed by atoms with van der Waals surface area (Å²) < 4.78 is 1.01. The summed E-state index contributed by atoms with van der Waals surface area (Å²) in [6, 6.07) is 26.2. The minimum absolute atomic E-state index is 0.0123. The van der Waals surface area contributed by atoms with Crippen LogP contribution in [0.2, 0.25) is 0 Å². The standard InChI is InChI=1S/C24H19BrN2OS/c25-21-11-9-17(10-12-21)14-23(28)26-15-18-5-4-8-20(13-18)24-27-22(16-29-24)19-6-2-1-3-7-19/h1-13,16H,14-15H2,(H,26,28). The molecule has 0 radical (unpaired) electrons. The number of rotatable bonds is 6. The van der Waals surface area contributed by atoms with Gasteiger partial charge < -0.3 is 5.32 Å². The number of hydrogen-bond acceptors (Lipinski definition) is 3. The van der Waals surface area contributed by atoms with Crippen molar-refractivity contribution in [3.05, 3.63) is 99.8 Å². The zero-order valence-electron chi connectivity index (χ0n) is 15.6. The van der Waals surface area contributed by atoms with Crippen LogP contribution in [0.5, 0.6) is 0 Å². The van der Waals surface area contributed by atoms with Crippen LogP contribution in [0.15, 0.2) is 88.7 Å². The lowest BCUT2D eigenvalue weighted by Crippen LogP contribution is -2.24. The summed E-state index contributed by atoms with van der Waals surface area (Å²) in [6.45, 7) is 0.500. The van der Waals surface area contributed by atoms with Gasteiger partial charge in [0, 0.05) is 27.5 Å². The Bertz CT molecular complexity index is 1110. The van der Waals surface area contributed by atoms with Crippen LogP contribution in [0, 0.1) is 0 Å². The van der Waals surface area contributed by atoms with Crippen LogP contribution in [0.1, 0.15) is 11.1 Å². The first-order chi connectivity index (χ1) is 14.2. The van der Waals surface area contributed by atoms with E-state index >= 15 is 0 Å². The number of nitrogens with zero attached hydrogens (tertiary/aromatic N) is 1. The SMILES string of the molecule is O=C(Cc1ccc(Br)cc1)NCc1cccc(-c2nc(-c3ccccc3)cs2)c1. The maximum Gasteiger partial charge on any atom is 0.224 e. The largest absolute Gasteiger partial charge is 0.352 e. The molecule has 0 aliphatic carbocycles. The Morgan fingerprint density at radius 2 is 1.66 bits per heavy atom. The zero-order chi connectivity index (χ0) is 20.1. The van der Waals surface area contributed by atoms with Crippen molar-refractivity contribution >= 4 is 33.2 Å². The van der Waals surface area contributed by atoms with Gasteiger partial charge in [0.15, 0.2) is 0 Å². The van der Waals surface area contributed by atoms with Gasteiger partial charge in [-0.15, -0.1) is 11.3 Å². The lowest BCUT2D eigenvalue weighted by Gasteiger charge is -2.07. The van der Waals surface area contributed by atoms with Gasteiger partial charge in [0.2, 0.25) is 5.91 Å². The Kier molecular flexibility index (Phi) is 6.17. The Morgan fingerprint density at radius 1 is 0.897 bits per heavy atom. The second-order valence-electron chi connectivity index (χ2n) is 6.68. The molecular formula is C24H19BrN2OS. The molecule has 3 nitrogen and oxygen atoms in total. The van der Waals surface area contributed by atoms with Gasteiger partial charge in [-0.1, -0.05) is 76.6 Å². The van der Waals surface area contributed by atoms with E-state index in [1.54, 1.807) is 11.3 Å². The quantitative estimate of drug-likeness (QED) is 0.376. The van der Waals surface area contributed by atoms with Crippen molar-refractivity contribution < 1.29 is 4.79 Å². The van der Waals surface area contributed by atoms with Crippen molar-refractivity contribution in [1.29, 1.82) is 0 Å². The maximum absolute atomic E-state index is 12.3. The van der Waals surface area contributed by atoms with Gasteiger partial charge in [0.25, 0.3) is 0 Å². The molecule has 0 fully saturated rings. The summed E-state index contributed by atoms with van der Waals surface area (Å²) in [6.07, 6.45) is 0.375. The highest BCUT2D eigenvalue weighted by atomic mass is 79.9. The van der Waals surface area contributed by atoms with Crippen LogP contribution in [0.25, 0.3) is 21.8 Å². The third-order valence-corrected chi connectivity index (χ3v) is 5.94. The van der Waals surface area contributed by atoms with Crippen molar-refractivity contribution in [3.63, 3.8) is 0 Å². The predicted octanol–water partition coefficient (Wildman–Crippen LogP) is 6.10. The van der Waals surface area contributed by atoms with Crippen LogP contribution in [-0.4, -0.2) is 10.9 Å². The molecule has 4 aromatic rings. The molecule has 0 bridgehead atoms. The molecule has 1 heterocycles. The molecule has 0 spiro atoms. The lowest BCUT2D eigenvalue weighted by molar-refractivity contribution is -0.120. The first-order valence-corrected chi connectivity index (χ1v) is 11.0. The molecule has 144 valence electrons. The molecule has 4 rings (SSSR count). The van der Waals surface area contributed by atoms with E-state index in [2.05, 4.69) is 50.9 Å². The van der Waals surface area contributed by atoms with E-state index in [0.29, 0.717) is 13.0 Å². The average Bonchev–Trinajstić information content (AvgIpc) is 3.25. The Balaban J connectivity index is 1.40. The molecule has 0 aliphatic rings. The fraction of sp³-hybridized carbons (Fsp3) is 0.0833. The first-order valence-electron chi connectivity index (χ1n) is 9.29. The maximum atomic E-state index is 12.3. The lowest BCUT2D eigenvalue weighted by atomic mass is 10.1. The van der Waals surface area contributed by atoms with E-state index in [1.165, 1.54) is 0 Å². The summed E-state index contributed by atoms with van der Waals surface area (Å²) >= 11 is 5.04. The van der Waals surface area contributed by atoms with E-state index < -0.39 is 0 Å². The molecule has 0 saturated carbocycles. The number of carbonyl (C=O) groups is 1. The van der Waals surface area contributed by atoms with Crippen LogP contribution in [0.4, 0.5) is 0 Å². The number of aromatic nitrogens is 1. The van der Waals surface area contributed by atoms with Crippen LogP contribution in [-0.2, 0) is 17.8 Å². The number of amides is 1. The number of nitrogens with one attached hydrogen (secondary N) is 1. The minimum Gasteiger partial charge on any atom is -0.352 e. The fourth-order valence-corrected chi connectivity index (χ4v) is 4.10. The van der Waals surface area contributed by atoms with Crippen LogP contribution in [0.3, 0.4) is 0 Å². The van der Waals surface area contributed by atoms with Crippen molar-refractivity contribution in [1.82, 2.24) is 10.3 Å². The Hall–Kier alpha value is -2.76. The van der Waals surface area contributed by atoms with Gasteiger partial charge in [-0.2, -0.15) is 0 Å². The minimum atomic E-state index is 0.0123. The molecule has 0 unspecified atom stereocenters. The highest BCUT2D eigenvalue weighted by Gasteiger charge is 2.08. The van der Waals surface area contributed by atoms with Crippen molar-refractivity contribution in [2.45, 2.75) is 13.0 Å². The first kappa shape index (κ1) is 19.6. The molecule has 1 amide bonds. The van der Waals surface area contributed by atoms with E-state index in [1.807, 2.05) is 54.6 Å². The third kappa shape index (κ3) is 5.19. The van der Waals surface area contributed by atoms with E-state index in [9.17, 15) is 4.79 Å². The number of benzene rings is 3. The number of halogens is 1. The molecule has 0 aliphatic heterocycles. The van der Waals surface area contributed by atoms with Gasteiger partial charge in [0.1, 0.15) is 5.01 Å². The van der Waals surface area contributed by atoms with E-state index in [0.717, 1.165) is 37.4 Å². The highest BCUT2D eigenvalue weighted by molar-refractivity contribution is 9.10. The van der Waals surface area contributed by atoms with Gasteiger partial charge in [0.05, 0.1) is 12.1 Å².